The molecule has 3 nitrogen and oxygen atoms in total. The Morgan fingerprint density at radius 3 is 2.94 bits per heavy atom. The Hall–Kier alpha value is -1.61. The number of hydrogen-bond acceptors (Lipinski definition) is 3. The van der Waals surface area contributed by atoms with E-state index in [2.05, 4.69) is 36.6 Å². The van der Waals surface area contributed by atoms with E-state index < -0.39 is 0 Å². The van der Waals surface area contributed by atoms with Gasteiger partial charge in [-0.25, -0.2) is 0 Å². The number of anilines is 1. The summed E-state index contributed by atoms with van der Waals surface area (Å²) in [4.78, 5) is 4.78. The lowest BCUT2D eigenvalue weighted by Crippen LogP contribution is -2.11. The topological polar surface area (TPSA) is 50.9 Å². The normalized spacial score (nSPS) is 15.2. The Kier molecular flexibility index (Phi) is 2.48. The van der Waals surface area contributed by atoms with Crippen LogP contribution in [-0.4, -0.2) is 4.98 Å². The second-order valence-corrected chi connectivity index (χ2v) is 4.92. The molecule has 1 aliphatic carbocycles. The Balaban J connectivity index is 2.14. The van der Waals surface area contributed by atoms with Crippen LogP contribution in [0.15, 0.2) is 24.3 Å². The Bertz CT molecular complexity index is 559. The number of aryl methyl sites for hydroxylation is 1. The molecule has 1 fully saturated rings. The number of nitrogens with zero attached hydrogens (tertiary/aromatic N) is 1. The van der Waals surface area contributed by atoms with E-state index >= 15 is 0 Å². The van der Waals surface area contributed by atoms with Crippen LogP contribution in [0.5, 0.6) is 0 Å². The average molecular weight is 227 g/mol. The molecular formula is C14H17N3. The van der Waals surface area contributed by atoms with Crippen LogP contribution < -0.4 is 11.3 Å². The fourth-order valence-corrected chi connectivity index (χ4v) is 2.26. The number of rotatable bonds is 3. The fourth-order valence-electron chi connectivity index (χ4n) is 2.26. The molecule has 2 aromatic rings. The number of para-hydroxylation sites is 1. The van der Waals surface area contributed by atoms with Gasteiger partial charge in [-0.3, -0.25) is 10.8 Å². The number of nitrogens with two attached hydrogens (primary N) is 1. The van der Waals surface area contributed by atoms with Crippen LogP contribution in [0.1, 0.15) is 24.1 Å². The van der Waals surface area contributed by atoms with Gasteiger partial charge in [-0.15, -0.1) is 0 Å². The number of hydrazine groups is 1. The van der Waals surface area contributed by atoms with Crippen molar-refractivity contribution in [2.75, 3.05) is 5.43 Å². The predicted octanol–water partition coefficient (Wildman–Crippen LogP) is 2.78. The highest BCUT2D eigenvalue weighted by Gasteiger charge is 2.23. The van der Waals surface area contributed by atoms with E-state index in [1.54, 1.807) is 0 Å². The van der Waals surface area contributed by atoms with Gasteiger partial charge in [0.2, 0.25) is 0 Å². The van der Waals surface area contributed by atoms with Gasteiger partial charge in [0.15, 0.2) is 0 Å². The standard InChI is InChI=1S/C14H17N3/c1-9-3-2-4-11-8-13(17-15)12(16-14(9)11)7-10-5-6-10/h2-4,8,10,17H,5-7,15H2,1H3. The molecule has 0 bridgehead atoms. The van der Waals surface area contributed by atoms with Gasteiger partial charge in [-0.1, -0.05) is 18.2 Å². The molecule has 1 aromatic heterocycles. The molecule has 0 unspecified atom stereocenters. The summed E-state index contributed by atoms with van der Waals surface area (Å²) in [6.07, 6.45) is 3.71. The van der Waals surface area contributed by atoms with Crippen LogP contribution in [0.4, 0.5) is 5.69 Å². The Morgan fingerprint density at radius 1 is 1.41 bits per heavy atom. The smallest absolute Gasteiger partial charge is 0.0736 e. The van der Waals surface area contributed by atoms with Crippen molar-refractivity contribution in [3.63, 3.8) is 0 Å². The van der Waals surface area contributed by atoms with Crippen LogP contribution in [-0.2, 0) is 6.42 Å². The van der Waals surface area contributed by atoms with Crippen LogP contribution in [0.3, 0.4) is 0 Å². The molecular weight excluding hydrogens is 210 g/mol. The van der Waals surface area contributed by atoms with Crippen molar-refractivity contribution in [1.29, 1.82) is 0 Å². The van der Waals surface area contributed by atoms with Gasteiger partial charge >= 0.3 is 0 Å². The molecule has 0 radical (unpaired) electrons. The van der Waals surface area contributed by atoms with Crippen LogP contribution in [0, 0.1) is 12.8 Å². The first-order valence-electron chi connectivity index (χ1n) is 6.14. The number of benzene rings is 1. The summed E-state index contributed by atoms with van der Waals surface area (Å²) < 4.78 is 0. The second-order valence-electron chi connectivity index (χ2n) is 4.92. The summed E-state index contributed by atoms with van der Waals surface area (Å²) in [6, 6.07) is 8.34. The summed E-state index contributed by atoms with van der Waals surface area (Å²) >= 11 is 0. The van der Waals surface area contributed by atoms with Gasteiger partial charge in [-0.2, -0.15) is 0 Å². The lowest BCUT2D eigenvalue weighted by atomic mass is 10.1. The summed E-state index contributed by atoms with van der Waals surface area (Å²) in [6.45, 7) is 2.10. The third-order valence-electron chi connectivity index (χ3n) is 3.46. The monoisotopic (exact) mass is 227 g/mol. The molecule has 3 N–H and O–H groups in total. The molecule has 3 heteroatoms. The maximum absolute atomic E-state index is 5.59. The minimum Gasteiger partial charge on any atom is -0.322 e. The largest absolute Gasteiger partial charge is 0.322 e. The first-order chi connectivity index (χ1) is 8.28. The second kappa shape index (κ2) is 4.00. The van der Waals surface area contributed by atoms with E-state index in [4.69, 9.17) is 10.8 Å². The zero-order valence-corrected chi connectivity index (χ0v) is 10.0. The number of fused-ring (bicyclic) bond motifs is 1. The van der Waals surface area contributed by atoms with E-state index in [1.807, 2.05) is 0 Å². The number of pyridine rings is 1. The van der Waals surface area contributed by atoms with E-state index in [0.29, 0.717) is 0 Å². The highest BCUT2D eigenvalue weighted by Crippen LogP contribution is 2.34. The lowest BCUT2D eigenvalue weighted by molar-refractivity contribution is 0.809. The maximum atomic E-state index is 5.59. The van der Waals surface area contributed by atoms with Crippen LogP contribution in [0.2, 0.25) is 0 Å². The van der Waals surface area contributed by atoms with Crippen molar-refractivity contribution < 1.29 is 0 Å². The van der Waals surface area contributed by atoms with Crippen LogP contribution >= 0.6 is 0 Å². The first-order valence-corrected chi connectivity index (χ1v) is 6.14. The minimum absolute atomic E-state index is 0.816. The maximum Gasteiger partial charge on any atom is 0.0736 e. The van der Waals surface area contributed by atoms with E-state index in [-0.39, 0.29) is 0 Å². The highest BCUT2D eigenvalue weighted by atomic mass is 15.2. The van der Waals surface area contributed by atoms with E-state index in [9.17, 15) is 0 Å². The average Bonchev–Trinajstić information content (AvgIpc) is 3.13. The lowest BCUT2D eigenvalue weighted by Gasteiger charge is -2.10. The van der Waals surface area contributed by atoms with Gasteiger partial charge in [0, 0.05) is 5.39 Å². The minimum atomic E-state index is 0.816. The third-order valence-corrected chi connectivity index (χ3v) is 3.46. The van der Waals surface area contributed by atoms with Gasteiger partial charge in [-0.05, 0) is 43.7 Å². The highest BCUT2D eigenvalue weighted by molar-refractivity contribution is 5.85. The molecule has 0 saturated heterocycles. The van der Waals surface area contributed by atoms with Crippen LogP contribution in [0.25, 0.3) is 10.9 Å². The summed E-state index contributed by atoms with van der Waals surface area (Å²) in [5.74, 6) is 6.40. The van der Waals surface area contributed by atoms with Crippen molar-refractivity contribution in [3.8, 4) is 0 Å². The third kappa shape index (κ3) is 1.98. The zero-order chi connectivity index (χ0) is 11.8. The molecule has 1 aromatic carbocycles. The van der Waals surface area contributed by atoms with Crippen molar-refractivity contribution >= 4 is 16.6 Å². The van der Waals surface area contributed by atoms with Crippen molar-refractivity contribution in [1.82, 2.24) is 4.98 Å². The molecule has 0 aliphatic heterocycles. The molecule has 3 rings (SSSR count). The van der Waals surface area contributed by atoms with Gasteiger partial charge in [0.1, 0.15) is 0 Å². The predicted molar refractivity (Wildman–Crippen MR) is 70.7 cm³/mol. The fraction of sp³-hybridized carbons (Fsp3) is 0.357. The van der Waals surface area contributed by atoms with Crippen molar-refractivity contribution in [2.24, 2.45) is 11.8 Å². The quantitative estimate of drug-likeness (QED) is 0.626. The van der Waals surface area contributed by atoms with Gasteiger partial charge in [0.05, 0.1) is 16.9 Å². The summed E-state index contributed by atoms with van der Waals surface area (Å²) in [5, 5.41) is 1.15. The first kappa shape index (κ1) is 10.5. The Labute approximate surface area is 101 Å². The SMILES string of the molecule is Cc1cccc2cc(NN)c(CC3CC3)nc12. The molecule has 1 heterocycles. The Morgan fingerprint density at radius 2 is 2.24 bits per heavy atom. The van der Waals surface area contributed by atoms with Gasteiger partial charge < -0.3 is 5.43 Å². The molecule has 0 atom stereocenters. The molecule has 88 valence electrons. The number of nitrogens with one attached hydrogen (secondary N) is 1. The molecule has 0 spiro atoms. The number of nitrogen functional groups attached to an aromatic ring is 1. The van der Waals surface area contributed by atoms with E-state index in [1.165, 1.54) is 18.4 Å². The van der Waals surface area contributed by atoms with E-state index in [0.717, 1.165) is 34.6 Å². The molecule has 1 saturated carbocycles. The van der Waals surface area contributed by atoms with Gasteiger partial charge in [0.25, 0.3) is 0 Å². The number of hydrogen-bond donors (Lipinski definition) is 2. The van der Waals surface area contributed by atoms with Crippen molar-refractivity contribution in [2.45, 2.75) is 26.2 Å². The molecule has 1 aliphatic rings. The zero-order valence-electron chi connectivity index (χ0n) is 10.0. The summed E-state index contributed by atoms with van der Waals surface area (Å²) in [7, 11) is 0. The van der Waals surface area contributed by atoms with Crippen molar-refractivity contribution in [3.05, 3.63) is 35.5 Å². The summed E-state index contributed by atoms with van der Waals surface area (Å²) in [5.41, 5.74) is 7.18. The number of aromatic nitrogens is 1. The molecule has 17 heavy (non-hydrogen) atoms. The molecule has 0 amide bonds.